The van der Waals surface area contributed by atoms with Crippen molar-refractivity contribution in [2.75, 3.05) is 6.61 Å². The fourth-order valence-electron chi connectivity index (χ4n) is 1.35. The molecule has 1 atom stereocenters. The highest BCUT2D eigenvalue weighted by Gasteiger charge is 1.98. The Bertz CT molecular complexity index is 118. The van der Waals surface area contributed by atoms with Crippen molar-refractivity contribution in [2.24, 2.45) is 5.92 Å². The van der Waals surface area contributed by atoms with Gasteiger partial charge in [0.25, 0.3) is 0 Å². The molecule has 0 radical (unpaired) electrons. The summed E-state index contributed by atoms with van der Waals surface area (Å²) in [5.74, 6) is 0.685. The standard InChI is InChI=1S/C12H24O/c1-3-4-5-6-7-8-9-12(2)10-11-13/h5-6,12-13H,3-4,7-11H2,1-2H3/b6-5+. The number of hydrogen-bond donors (Lipinski definition) is 1. The fourth-order valence-corrected chi connectivity index (χ4v) is 1.35. The molecule has 0 saturated carbocycles. The molecular weight excluding hydrogens is 160 g/mol. The molecule has 1 unspecified atom stereocenters. The molecule has 1 nitrogen and oxygen atoms in total. The van der Waals surface area contributed by atoms with Gasteiger partial charge in [-0.2, -0.15) is 0 Å². The van der Waals surface area contributed by atoms with Gasteiger partial charge in [-0.25, -0.2) is 0 Å². The maximum Gasteiger partial charge on any atom is 0.0433 e. The minimum atomic E-state index is 0.340. The van der Waals surface area contributed by atoms with E-state index in [1.54, 1.807) is 0 Å². The molecule has 0 aromatic carbocycles. The number of allylic oxidation sites excluding steroid dienone is 2. The van der Waals surface area contributed by atoms with E-state index >= 15 is 0 Å². The Morgan fingerprint density at radius 2 is 1.85 bits per heavy atom. The zero-order valence-electron chi connectivity index (χ0n) is 9.13. The smallest absolute Gasteiger partial charge is 0.0433 e. The van der Waals surface area contributed by atoms with Crippen molar-refractivity contribution in [3.05, 3.63) is 12.2 Å². The van der Waals surface area contributed by atoms with E-state index in [0.29, 0.717) is 12.5 Å². The summed E-state index contributed by atoms with van der Waals surface area (Å²) in [5.41, 5.74) is 0. The molecule has 0 rings (SSSR count). The molecule has 1 N–H and O–H groups in total. The van der Waals surface area contributed by atoms with Gasteiger partial charge in [0.15, 0.2) is 0 Å². The van der Waals surface area contributed by atoms with Gasteiger partial charge in [-0.15, -0.1) is 0 Å². The fraction of sp³-hybridized carbons (Fsp3) is 0.833. The van der Waals surface area contributed by atoms with Gasteiger partial charge < -0.3 is 5.11 Å². The lowest BCUT2D eigenvalue weighted by Crippen LogP contribution is -1.97. The Morgan fingerprint density at radius 3 is 2.46 bits per heavy atom. The van der Waals surface area contributed by atoms with E-state index in [9.17, 15) is 0 Å². The summed E-state index contributed by atoms with van der Waals surface area (Å²) in [5, 5.41) is 8.70. The molecule has 0 bridgehead atoms. The molecule has 0 spiro atoms. The Labute approximate surface area is 82.9 Å². The summed E-state index contributed by atoms with van der Waals surface area (Å²) < 4.78 is 0. The van der Waals surface area contributed by atoms with Crippen LogP contribution in [0.4, 0.5) is 0 Å². The molecule has 0 heterocycles. The van der Waals surface area contributed by atoms with Gasteiger partial charge in [0.05, 0.1) is 0 Å². The van der Waals surface area contributed by atoms with Crippen LogP contribution in [0.5, 0.6) is 0 Å². The SMILES string of the molecule is CCC/C=C/CCCC(C)CCO. The molecule has 0 aliphatic heterocycles. The number of aliphatic hydroxyl groups excluding tert-OH is 1. The van der Waals surface area contributed by atoms with Gasteiger partial charge in [0.2, 0.25) is 0 Å². The minimum absolute atomic E-state index is 0.340. The molecule has 0 aliphatic rings. The summed E-state index contributed by atoms with van der Waals surface area (Å²) in [6, 6.07) is 0. The van der Waals surface area contributed by atoms with Gasteiger partial charge in [0, 0.05) is 6.61 Å². The second-order valence-electron chi connectivity index (χ2n) is 3.81. The zero-order chi connectivity index (χ0) is 9.94. The third-order valence-electron chi connectivity index (χ3n) is 2.31. The van der Waals surface area contributed by atoms with E-state index < -0.39 is 0 Å². The van der Waals surface area contributed by atoms with Crippen LogP contribution < -0.4 is 0 Å². The molecule has 0 amide bonds. The summed E-state index contributed by atoms with van der Waals surface area (Å²) in [6.45, 7) is 4.76. The number of hydrogen-bond acceptors (Lipinski definition) is 1. The van der Waals surface area contributed by atoms with E-state index in [1.807, 2.05) is 0 Å². The Kier molecular flexibility index (Phi) is 9.56. The lowest BCUT2D eigenvalue weighted by Gasteiger charge is -2.07. The Morgan fingerprint density at radius 1 is 1.15 bits per heavy atom. The molecule has 0 fully saturated rings. The average Bonchev–Trinajstić information content (AvgIpc) is 2.11. The van der Waals surface area contributed by atoms with Crippen LogP contribution in [0.3, 0.4) is 0 Å². The highest BCUT2D eigenvalue weighted by Crippen LogP contribution is 2.11. The van der Waals surface area contributed by atoms with Crippen molar-refractivity contribution < 1.29 is 5.11 Å². The molecule has 13 heavy (non-hydrogen) atoms. The van der Waals surface area contributed by atoms with Crippen molar-refractivity contribution in [1.82, 2.24) is 0 Å². The third-order valence-corrected chi connectivity index (χ3v) is 2.31. The molecule has 0 aromatic heterocycles. The van der Waals surface area contributed by atoms with Crippen molar-refractivity contribution >= 4 is 0 Å². The number of aliphatic hydroxyl groups is 1. The lowest BCUT2D eigenvalue weighted by molar-refractivity contribution is 0.257. The molecule has 0 saturated heterocycles. The van der Waals surface area contributed by atoms with Crippen LogP contribution in [0.25, 0.3) is 0 Å². The normalized spacial score (nSPS) is 13.8. The van der Waals surface area contributed by atoms with Gasteiger partial charge in [-0.05, 0) is 31.6 Å². The zero-order valence-corrected chi connectivity index (χ0v) is 9.13. The first-order chi connectivity index (χ1) is 6.31. The van der Waals surface area contributed by atoms with E-state index in [2.05, 4.69) is 26.0 Å². The second-order valence-corrected chi connectivity index (χ2v) is 3.81. The van der Waals surface area contributed by atoms with Crippen LogP contribution in [-0.2, 0) is 0 Å². The van der Waals surface area contributed by atoms with Gasteiger partial charge in [-0.1, -0.05) is 38.8 Å². The Balaban J connectivity index is 3.15. The van der Waals surface area contributed by atoms with Crippen LogP contribution in [0.15, 0.2) is 12.2 Å². The minimum Gasteiger partial charge on any atom is -0.396 e. The lowest BCUT2D eigenvalue weighted by atomic mass is 10.0. The first-order valence-corrected chi connectivity index (χ1v) is 5.57. The first-order valence-electron chi connectivity index (χ1n) is 5.57. The first kappa shape index (κ1) is 12.7. The predicted molar refractivity (Wildman–Crippen MR) is 58.8 cm³/mol. The maximum atomic E-state index is 8.70. The van der Waals surface area contributed by atoms with Crippen molar-refractivity contribution in [2.45, 2.75) is 52.4 Å². The second kappa shape index (κ2) is 9.79. The van der Waals surface area contributed by atoms with Crippen LogP contribution in [0, 0.1) is 5.92 Å². The van der Waals surface area contributed by atoms with Gasteiger partial charge in [0.1, 0.15) is 0 Å². The van der Waals surface area contributed by atoms with Crippen molar-refractivity contribution in [1.29, 1.82) is 0 Å². The van der Waals surface area contributed by atoms with Crippen LogP contribution in [-0.4, -0.2) is 11.7 Å². The summed E-state index contributed by atoms with van der Waals surface area (Å²) in [7, 11) is 0. The van der Waals surface area contributed by atoms with Gasteiger partial charge in [-0.3, -0.25) is 0 Å². The van der Waals surface area contributed by atoms with E-state index in [1.165, 1.54) is 32.1 Å². The molecule has 0 aliphatic carbocycles. The Hall–Kier alpha value is -0.300. The topological polar surface area (TPSA) is 20.2 Å². The molecule has 1 heteroatoms. The molecular formula is C12H24O. The van der Waals surface area contributed by atoms with Crippen LogP contribution in [0.2, 0.25) is 0 Å². The van der Waals surface area contributed by atoms with E-state index in [-0.39, 0.29) is 0 Å². The predicted octanol–water partition coefficient (Wildman–Crippen LogP) is 3.53. The van der Waals surface area contributed by atoms with E-state index in [4.69, 9.17) is 5.11 Å². The summed E-state index contributed by atoms with van der Waals surface area (Å²) >= 11 is 0. The maximum absolute atomic E-state index is 8.70. The highest BCUT2D eigenvalue weighted by atomic mass is 16.2. The molecule has 0 aromatic rings. The monoisotopic (exact) mass is 184 g/mol. The van der Waals surface area contributed by atoms with Crippen LogP contribution in [0.1, 0.15) is 52.4 Å². The molecule has 78 valence electrons. The summed E-state index contributed by atoms with van der Waals surface area (Å²) in [6.07, 6.45) is 11.7. The van der Waals surface area contributed by atoms with Gasteiger partial charge >= 0.3 is 0 Å². The summed E-state index contributed by atoms with van der Waals surface area (Å²) in [4.78, 5) is 0. The van der Waals surface area contributed by atoms with Crippen molar-refractivity contribution in [3.63, 3.8) is 0 Å². The quantitative estimate of drug-likeness (QED) is 0.452. The van der Waals surface area contributed by atoms with E-state index in [0.717, 1.165) is 6.42 Å². The van der Waals surface area contributed by atoms with Crippen molar-refractivity contribution in [3.8, 4) is 0 Å². The number of unbranched alkanes of at least 4 members (excludes halogenated alkanes) is 2. The highest BCUT2D eigenvalue weighted by molar-refractivity contribution is 4.80. The third kappa shape index (κ3) is 9.62. The van der Waals surface area contributed by atoms with Crippen LogP contribution >= 0.6 is 0 Å². The number of rotatable bonds is 8. The average molecular weight is 184 g/mol. The largest absolute Gasteiger partial charge is 0.396 e.